The second kappa shape index (κ2) is 5.59. The molecule has 0 atom stereocenters. The van der Waals surface area contributed by atoms with Gasteiger partial charge in [0.05, 0.1) is 5.69 Å². The molecule has 0 aromatic heterocycles. The number of nitrogens with one attached hydrogen (secondary N) is 1. The maximum Gasteiger partial charge on any atom is 0.168 e. The number of halogens is 1. The lowest BCUT2D eigenvalue weighted by Crippen LogP contribution is -2.19. The number of phenols is 1. The van der Waals surface area contributed by atoms with Crippen LogP contribution in [0.15, 0.2) is 40.9 Å². The van der Waals surface area contributed by atoms with Gasteiger partial charge in [-0.15, -0.1) is 0 Å². The van der Waals surface area contributed by atoms with Crippen molar-refractivity contribution in [2.24, 2.45) is 5.73 Å². The molecule has 0 saturated carbocycles. The Morgan fingerprint density at radius 3 is 2.53 bits per heavy atom. The van der Waals surface area contributed by atoms with Gasteiger partial charge in [0.15, 0.2) is 5.11 Å². The summed E-state index contributed by atoms with van der Waals surface area (Å²) in [6.07, 6.45) is 0. The summed E-state index contributed by atoms with van der Waals surface area (Å²) in [7, 11) is 0. The fourth-order valence-corrected chi connectivity index (χ4v) is 2.40. The molecule has 0 fully saturated rings. The molecule has 2 aromatic rings. The van der Waals surface area contributed by atoms with E-state index in [1.807, 2.05) is 31.2 Å². The van der Waals surface area contributed by atoms with Crippen LogP contribution in [0.1, 0.15) is 5.56 Å². The molecule has 0 spiro atoms. The van der Waals surface area contributed by atoms with Crippen LogP contribution in [0.5, 0.6) is 5.75 Å². The van der Waals surface area contributed by atoms with Gasteiger partial charge in [-0.2, -0.15) is 0 Å². The number of nitrogens with two attached hydrogens (primary N) is 1. The summed E-state index contributed by atoms with van der Waals surface area (Å²) in [4.78, 5) is 0. The molecule has 0 heterocycles. The van der Waals surface area contributed by atoms with Crippen molar-refractivity contribution in [3.05, 3.63) is 46.4 Å². The first kappa shape index (κ1) is 13.8. The summed E-state index contributed by atoms with van der Waals surface area (Å²) in [5.74, 6) is 0.212. The van der Waals surface area contributed by atoms with E-state index in [4.69, 9.17) is 18.0 Å². The van der Waals surface area contributed by atoms with Crippen molar-refractivity contribution >= 4 is 38.9 Å². The topological polar surface area (TPSA) is 58.3 Å². The maximum absolute atomic E-state index is 9.98. The van der Waals surface area contributed by atoms with E-state index in [0.29, 0.717) is 0 Å². The van der Waals surface area contributed by atoms with Crippen molar-refractivity contribution in [1.29, 1.82) is 0 Å². The van der Waals surface area contributed by atoms with Crippen LogP contribution in [-0.4, -0.2) is 10.2 Å². The molecule has 0 unspecified atom stereocenters. The maximum atomic E-state index is 9.98. The third-order valence-corrected chi connectivity index (χ3v) is 3.90. The fourth-order valence-electron chi connectivity index (χ4n) is 1.85. The number of aryl methyl sites for hydroxylation is 1. The first-order valence-electron chi connectivity index (χ1n) is 5.64. The summed E-state index contributed by atoms with van der Waals surface area (Å²) in [5.41, 5.74) is 8.94. The number of para-hydroxylation sites is 1. The van der Waals surface area contributed by atoms with E-state index >= 15 is 0 Å². The SMILES string of the molecule is Cc1ccc(-c2ccccc2O)c(NC(N)=S)c1Br. The quantitative estimate of drug-likeness (QED) is 0.730. The summed E-state index contributed by atoms with van der Waals surface area (Å²) < 4.78 is 0.876. The Hall–Kier alpha value is -1.59. The molecule has 0 amide bonds. The van der Waals surface area contributed by atoms with E-state index in [0.717, 1.165) is 26.9 Å². The minimum atomic E-state index is 0.183. The minimum absolute atomic E-state index is 0.183. The van der Waals surface area contributed by atoms with Gasteiger partial charge in [0.25, 0.3) is 0 Å². The Balaban J connectivity index is 2.67. The van der Waals surface area contributed by atoms with Crippen LogP contribution in [0.2, 0.25) is 0 Å². The summed E-state index contributed by atoms with van der Waals surface area (Å²) >= 11 is 8.43. The molecule has 0 aliphatic heterocycles. The number of hydrogen-bond donors (Lipinski definition) is 3. The first-order valence-corrected chi connectivity index (χ1v) is 6.84. The molecule has 0 aliphatic rings. The molecule has 0 radical (unpaired) electrons. The second-order valence-electron chi connectivity index (χ2n) is 4.13. The van der Waals surface area contributed by atoms with Gasteiger partial charge in [0, 0.05) is 15.6 Å². The number of hydrogen-bond acceptors (Lipinski definition) is 2. The van der Waals surface area contributed by atoms with Gasteiger partial charge in [-0.1, -0.05) is 30.3 Å². The number of phenolic OH excluding ortho intramolecular Hbond substituents is 1. The molecule has 0 bridgehead atoms. The molecule has 4 N–H and O–H groups in total. The highest BCUT2D eigenvalue weighted by molar-refractivity contribution is 9.10. The summed E-state index contributed by atoms with van der Waals surface area (Å²) in [6, 6.07) is 11.0. The van der Waals surface area contributed by atoms with Gasteiger partial charge in [0.2, 0.25) is 0 Å². The molecule has 2 aromatic carbocycles. The Labute approximate surface area is 125 Å². The lowest BCUT2D eigenvalue weighted by molar-refractivity contribution is 0.477. The van der Waals surface area contributed by atoms with Crippen LogP contribution in [0.3, 0.4) is 0 Å². The van der Waals surface area contributed by atoms with Crippen LogP contribution in [0.25, 0.3) is 11.1 Å². The smallest absolute Gasteiger partial charge is 0.168 e. The predicted molar refractivity (Wildman–Crippen MR) is 86.4 cm³/mol. The monoisotopic (exact) mass is 336 g/mol. The number of aromatic hydroxyl groups is 1. The Morgan fingerprint density at radius 2 is 1.89 bits per heavy atom. The van der Waals surface area contributed by atoms with Crippen LogP contribution in [0.4, 0.5) is 5.69 Å². The fraction of sp³-hybridized carbons (Fsp3) is 0.0714. The zero-order valence-corrected chi connectivity index (χ0v) is 12.7. The second-order valence-corrected chi connectivity index (χ2v) is 5.36. The molecule has 3 nitrogen and oxygen atoms in total. The normalized spacial score (nSPS) is 10.2. The van der Waals surface area contributed by atoms with E-state index in [1.54, 1.807) is 12.1 Å². The van der Waals surface area contributed by atoms with Crippen LogP contribution in [-0.2, 0) is 0 Å². The summed E-state index contributed by atoms with van der Waals surface area (Å²) in [5, 5.41) is 13.1. The highest BCUT2D eigenvalue weighted by atomic mass is 79.9. The molecule has 19 heavy (non-hydrogen) atoms. The molecular formula is C14H13BrN2OS. The molecule has 98 valence electrons. The van der Waals surface area contributed by atoms with Crippen molar-refractivity contribution in [2.75, 3.05) is 5.32 Å². The van der Waals surface area contributed by atoms with Gasteiger partial charge in [-0.3, -0.25) is 0 Å². The lowest BCUT2D eigenvalue weighted by Gasteiger charge is -2.15. The zero-order chi connectivity index (χ0) is 14.0. The van der Waals surface area contributed by atoms with Gasteiger partial charge in [0.1, 0.15) is 5.75 Å². The number of benzene rings is 2. The van der Waals surface area contributed by atoms with Crippen LogP contribution >= 0.6 is 28.1 Å². The zero-order valence-electron chi connectivity index (χ0n) is 10.3. The van der Waals surface area contributed by atoms with Crippen molar-refractivity contribution < 1.29 is 5.11 Å². The van der Waals surface area contributed by atoms with E-state index in [-0.39, 0.29) is 10.9 Å². The van der Waals surface area contributed by atoms with Crippen LogP contribution in [0, 0.1) is 6.92 Å². The molecule has 0 saturated heterocycles. The molecular weight excluding hydrogens is 324 g/mol. The number of thiocarbonyl (C=S) groups is 1. The predicted octanol–water partition coefficient (Wildman–Crippen LogP) is 3.79. The molecule has 5 heteroatoms. The average Bonchev–Trinajstić information content (AvgIpc) is 2.36. The van der Waals surface area contributed by atoms with Gasteiger partial charge in [-0.25, -0.2) is 0 Å². The largest absolute Gasteiger partial charge is 0.507 e. The molecule has 2 rings (SSSR count). The highest BCUT2D eigenvalue weighted by Gasteiger charge is 2.13. The summed E-state index contributed by atoms with van der Waals surface area (Å²) in [6.45, 7) is 1.98. The van der Waals surface area contributed by atoms with Crippen molar-refractivity contribution in [1.82, 2.24) is 0 Å². The first-order chi connectivity index (χ1) is 9.00. The minimum Gasteiger partial charge on any atom is -0.507 e. The standard InChI is InChI=1S/C14H13BrN2OS/c1-8-6-7-10(9-4-2-3-5-11(9)18)13(12(8)15)17-14(16)19/h2-7,18H,1H3,(H3,16,17,19). The Morgan fingerprint density at radius 1 is 1.21 bits per heavy atom. The third kappa shape index (κ3) is 2.88. The number of anilines is 1. The number of rotatable bonds is 2. The highest BCUT2D eigenvalue weighted by Crippen LogP contribution is 2.39. The van der Waals surface area contributed by atoms with Crippen molar-refractivity contribution in [3.8, 4) is 16.9 Å². The van der Waals surface area contributed by atoms with Gasteiger partial charge in [-0.05, 0) is 46.7 Å². The van der Waals surface area contributed by atoms with Crippen LogP contribution < -0.4 is 11.1 Å². The Bertz CT molecular complexity index is 643. The van der Waals surface area contributed by atoms with E-state index in [2.05, 4.69) is 21.2 Å². The Kier molecular flexibility index (Phi) is 4.07. The van der Waals surface area contributed by atoms with E-state index < -0.39 is 0 Å². The average molecular weight is 337 g/mol. The lowest BCUT2D eigenvalue weighted by atomic mass is 10.0. The van der Waals surface area contributed by atoms with E-state index in [9.17, 15) is 5.11 Å². The van der Waals surface area contributed by atoms with Crippen molar-refractivity contribution in [2.45, 2.75) is 6.92 Å². The third-order valence-electron chi connectivity index (χ3n) is 2.78. The van der Waals surface area contributed by atoms with Gasteiger partial charge >= 0.3 is 0 Å². The van der Waals surface area contributed by atoms with Gasteiger partial charge < -0.3 is 16.2 Å². The van der Waals surface area contributed by atoms with Crippen molar-refractivity contribution in [3.63, 3.8) is 0 Å². The van der Waals surface area contributed by atoms with E-state index in [1.165, 1.54) is 0 Å². The molecule has 0 aliphatic carbocycles.